The first-order chi connectivity index (χ1) is 13.1. The number of amides is 2. The summed E-state index contributed by atoms with van der Waals surface area (Å²) < 4.78 is 0. The van der Waals surface area contributed by atoms with Crippen molar-refractivity contribution < 1.29 is 9.59 Å². The van der Waals surface area contributed by atoms with Crippen LogP contribution in [-0.4, -0.2) is 51.4 Å². The SMILES string of the molecule is O=C(Cc1ccccn1)N1CCC(Nc2nccs2)(C(=O)NC2CC2)CC1. The van der Waals surface area contributed by atoms with Crippen LogP contribution in [0.1, 0.15) is 31.4 Å². The number of carbonyl (C=O) groups is 2. The second-order valence-corrected chi connectivity index (χ2v) is 8.07. The number of rotatable bonds is 6. The molecule has 1 aliphatic carbocycles. The third kappa shape index (κ3) is 4.27. The highest BCUT2D eigenvalue weighted by Gasteiger charge is 2.44. The highest BCUT2D eigenvalue weighted by molar-refractivity contribution is 7.13. The minimum atomic E-state index is -0.706. The zero-order chi connectivity index (χ0) is 18.7. The Morgan fingerprint density at radius 2 is 2.00 bits per heavy atom. The normalized spacial score (nSPS) is 18.7. The van der Waals surface area contributed by atoms with Crippen LogP contribution in [-0.2, 0) is 16.0 Å². The Bertz CT molecular complexity index is 784. The summed E-state index contributed by atoms with van der Waals surface area (Å²) in [5.74, 6) is 0.0798. The molecule has 7 nitrogen and oxygen atoms in total. The Labute approximate surface area is 162 Å². The molecule has 142 valence electrons. The van der Waals surface area contributed by atoms with Gasteiger partial charge in [-0.05, 0) is 37.8 Å². The molecule has 2 aliphatic rings. The average Bonchev–Trinajstić information content (AvgIpc) is 3.36. The standard InChI is InChI=1S/C19H23N5O2S/c25-16(13-15-3-1-2-8-20-15)24-10-6-19(7-11-24,17(26)22-14-4-5-14)23-18-21-9-12-27-18/h1-3,8-9,12,14H,4-7,10-11,13H2,(H,21,23)(H,22,26). The molecule has 2 N–H and O–H groups in total. The van der Waals surface area contributed by atoms with E-state index in [9.17, 15) is 9.59 Å². The van der Waals surface area contributed by atoms with Crippen molar-refractivity contribution in [2.75, 3.05) is 18.4 Å². The van der Waals surface area contributed by atoms with Gasteiger partial charge in [0.25, 0.3) is 0 Å². The number of anilines is 1. The number of aromatic nitrogens is 2. The van der Waals surface area contributed by atoms with Gasteiger partial charge >= 0.3 is 0 Å². The first kappa shape index (κ1) is 17.9. The van der Waals surface area contributed by atoms with E-state index in [-0.39, 0.29) is 11.8 Å². The highest BCUT2D eigenvalue weighted by Crippen LogP contribution is 2.30. The van der Waals surface area contributed by atoms with E-state index in [4.69, 9.17) is 0 Å². The second-order valence-electron chi connectivity index (χ2n) is 7.17. The van der Waals surface area contributed by atoms with Gasteiger partial charge in [0.15, 0.2) is 5.13 Å². The molecule has 0 atom stereocenters. The fourth-order valence-corrected chi connectivity index (χ4v) is 3.98. The lowest BCUT2D eigenvalue weighted by atomic mass is 9.86. The van der Waals surface area contributed by atoms with Crippen LogP contribution in [0.25, 0.3) is 0 Å². The van der Waals surface area contributed by atoms with E-state index >= 15 is 0 Å². The van der Waals surface area contributed by atoms with E-state index < -0.39 is 5.54 Å². The van der Waals surface area contributed by atoms with E-state index in [1.165, 1.54) is 11.3 Å². The van der Waals surface area contributed by atoms with Crippen LogP contribution in [0.15, 0.2) is 36.0 Å². The topological polar surface area (TPSA) is 87.2 Å². The molecule has 0 aromatic carbocycles. The number of hydrogen-bond donors (Lipinski definition) is 2. The van der Waals surface area contributed by atoms with Crippen molar-refractivity contribution >= 4 is 28.3 Å². The molecule has 0 bridgehead atoms. The van der Waals surface area contributed by atoms with Gasteiger partial charge in [0.1, 0.15) is 5.54 Å². The number of nitrogens with one attached hydrogen (secondary N) is 2. The minimum Gasteiger partial charge on any atom is -0.351 e. The van der Waals surface area contributed by atoms with Crippen LogP contribution in [0.2, 0.25) is 0 Å². The van der Waals surface area contributed by atoms with E-state index in [0.717, 1.165) is 23.7 Å². The quantitative estimate of drug-likeness (QED) is 0.792. The Morgan fingerprint density at radius 3 is 2.63 bits per heavy atom. The Morgan fingerprint density at radius 1 is 1.19 bits per heavy atom. The van der Waals surface area contributed by atoms with Crippen molar-refractivity contribution in [3.8, 4) is 0 Å². The number of piperidine rings is 1. The molecule has 0 spiro atoms. The summed E-state index contributed by atoms with van der Waals surface area (Å²) in [5.41, 5.74) is 0.0640. The van der Waals surface area contributed by atoms with Crippen LogP contribution >= 0.6 is 11.3 Å². The van der Waals surface area contributed by atoms with E-state index in [1.807, 2.05) is 28.5 Å². The zero-order valence-electron chi connectivity index (χ0n) is 15.1. The summed E-state index contributed by atoms with van der Waals surface area (Å²) >= 11 is 1.48. The monoisotopic (exact) mass is 385 g/mol. The van der Waals surface area contributed by atoms with Crippen LogP contribution in [0, 0.1) is 0 Å². The van der Waals surface area contributed by atoms with Crippen LogP contribution < -0.4 is 10.6 Å². The summed E-state index contributed by atoms with van der Waals surface area (Å²) in [5, 5.41) is 9.12. The first-order valence-electron chi connectivity index (χ1n) is 9.31. The van der Waals surface area contributed by atoms with E-state index in [0.29, 0.717) is 38.4 Å². The van der Waals surface area contributed by atoms with Gasteiger partial charge in [0.05, 0.1) is 6.42 Å². The summed E-state index contributed by atoms with van der Waals surface area (Å²) in [4.78, 5) is 35.9. The van der Waals surface area contributed by atoms with Gasteiger partial charge in [0, 0.05) is 42.6 Å². The number of carbonyl (C=O) groups excluding carboxylic acids is 2. The van der Waals surface area contributed by atoms with Gasteiger partial charge in [-0.2, -0.15) is 0 Å². The van der Waals surface area contributed by atoms with Gasteiger partial charge in [0.2, 0.25) is 11.8 Å². The van der Waals surface area contributed by atoms with Gasteiger partial charge in [-0.1, -0.05) is 6.07 Å². The summed E-state index contributed by atoms with van der Waals surface area (Å²) in [6.45, 7) is 1.09. The lowest BCUT2D eigenvalue weighted by Crippen LogP contribution is -2.59. The molecular formula is C19H23N5O2S. The van der Waals surface area contributed by atoms with Crippen molar-refractivity contribution in [3.05, 3.63) is 41.7 Å². The first-order valence-corrected chi connectivity index (χ1v) is 10.2. The molecule has 3 heterocycles. The third-order valence-electron chi connectivity index (χ3n) is 5.15. The summed E-state index contributed by atoms with van der Waals surface area (Å²) in [6.07, 6.45) is 6.96. The Kier molecular flexibility index (Phi) is 5.07. The Balaban J connectivity index is 1.42. The van der Waals surface area contributed by atoms with Gasteiger partial charge in [-0.15, -0.1) is 11.3 Å². The number of pyridine rings is 1. The molecule has 2 fully saturated rings. The molecule has 8 heteroatoms. The smallest absolute Gasteiger partial charge is 0.246 e. The fourth-order valence-electron chi connectivity index (χ4n) is 3.36. The van der Waals surface area contributed by atoms with Crippen LogP contribution in [0.3, 0.4) is 0 Å². The zero-order valence-corrected chi connectivity index (χ0v) is 15.9. The molecule has 1 saturated heterocycles. The molecular weight excluding hydrogens is 362 g/mol. The summed E-state index contributed by atoms with van der Waals surface area (Å²) in [7, 11) is 0. The lowest BCUT2D eigenvalue weighted by Gasteiger charge is -2.41. The van der Waals surface area contributed by atoms with Gasteiger partial charge in [-0.3, -0.25) is 14.6 Å². The minimum absolute atomic E-state index is 0.0250. The maximum Gasteiger partial charge on any atom is 0.246 e. The molecule has 1 saturated carbocycles. The Hall–Kier alpha value is -2.48. The largest absolute Gasteiger partial charge is 0.351 e. The number of likely N-dealkylation sites (tertiary alicyclic amines) is 1. The van der Waals surface area contributed by atoms with E-state index in [2.05, 4.69) is 20.6 Å². The van der Waals surface area contributed by atoms with Gasteiger partial charge in [-0.25, -0.2) is 4.98 Å². The van der Waals surface area contributed by atoms with Crippen molar-refractivity contribution in [2.45, 2.75) is 43.7 Å². The predicted octanol–water partition coefficient (Wildman–Crippen LogP) is 1.83. The molecule has 0 radical (unpaired) electrons. The second kappa shape index (κ2) is 7.64. The molecule has 1 aliphatic heterocycles. The predicted molar refractivity (Wildman–Crippen MR) is 103 cm³/mol. The number of nitrogens with zero attached hydrogens (tertiary/aromatic N) is 3. The van der Waals surface area contributed by atoms with Crippen molar-refractivity contribution in [2.24, 2.45) is 0 Å². The highest BCUT2D eigenvalue weighted by atomic mass is 32.1. The molecule has 0 unspecified atom stereocenters. The molecule has 4 rings (SSSR count). The van der Waals surface area contributed by atoms with Gasteiger partial charge < -0.3 is 15.5 Å². The van der Waals surface area contributed by atoms with Crippen LogP contribution in [0.4, 0.5) is 5.13 Å². The average molecular weight is 385 g/mol. The van der Waals surface area contributed by atoms with Crippen molar-refractivity contribution in [1.29, 1.82) is 0 Å². The third-order valence-corrected chi connectivity index (χ3v) is 5.84. The van der Waals surface area contributed by atoms with E-state index in [1.54, 1.807) is 12.4 Å². The van der Waals surface area contributed by atoms with Crippen molar-refractivity contribution in [3.63, 3.8) is 0 Å². The number of thiazole rings is 1. The molecule has 27 heavy (non-hydrogen) atoms. The van der Waals surface area contributed by atoms with Crippen molar-refractivity contribution in [1.82, 2.24) is 20.2 Å². The molecule has 2 amide bonds. The lowest BCUT2D eigenvalue weighted by molar-refractivity contribution is -0.135. The maximum absolute atomic E-state index is 13.0. The number of hydrogen-bond acceptors (Lipinski definition) is 6. The summed E-state index contributed by atoms with van der Waals surface area (Å²) in [6, 6.07) is 5.89. The molecule has 2 aromatic heterocycles. The molecule has 2 aromatic rings. The fraction of sp³-hybridized carbons (Fsp3) is 0.474. The maximum atomic E-state index is 13.0. The van der Waals surface area contributed by atoms with Crippen LogP contribution in [0.5, 0.6) is 0 Å².